The number of aryl methyl sites for hydroxylation is 2. The first-order chi connectivity index (χ1) is 9.95. The highest BCUT2D eigenvalue weighted by Gasteiger charge is 2.17. The fourth-order valence-electron chi connectivity index (χ4n) is 2.46. The van der Waals surface area contributed by atoms with Crippen molar-refractivity contribution in [2.24, 2.45) is 0 Å². The molecule has 1 nitrogen and oxygen atoms in total. The molecule has 0 bridgehead atoms. The molecule has 2 aromatic carbocycles. The van der Waals surface area contributed by atoms with Gasteiger partial charge in [0, 0.05) is 19.1 Å². The van der Waals surface area contributed by atoms with Crippen LogP contribution in [0.15, 0.2) is 40.9 Å². The van der Waals surface area contributed by atoms with Crippen LogP contribution in [0.3, 0.4) is 0 Å². The van der Waals surface area contributed by atoms with Gasteiger partial charge >= 0.3 is 0 Å². The van der Waals surface area contributed by atoms with Gasteiger partial charge in [0.25, 0.3) is 0 Å². The lowest BCUT2D eigenvalue weighted by molar-refractivity contribution is 0.223. The van der Waals surface area contributed by atoms with Crippen molar-refractivity contribution in [3.05, 3.63) is 67.5 Å². The number of aliphatic hydroxyl groups excluding tert-OH is 1. The highest BCUT2D eigenvalue weighted by molar-refractivity contribution is 9.10. The van der Waals surface area contributed by atoms with E-state index < -0.39 is 6.10 Å². The first-order valence-corrected chi connectivity index (χ1v) is 8.58. The van der Waals surface area contributed by atoms with E-state index in [0.29, 0.717) is 0 Å². The Bertz CT molecular complexity index is 825. The molecule has 3 rings (SSSR count). The first kappa shape index (κ1) is 15.0. The third kappa shape index (κ3) is 2.88. The van der Waals surface area contributed by atoms with E-state index in [1.54, 1.807) is 11.3 Å². The molecule has 0 aliphatic heterocycles. The maximum atomic E-state index is 10.7. The lowest BCUT2D eigenvalue weighted by Gasteiger charge is -2.14. The summed E-state index contributed by atoms with van der Waals surface area (Å²) in [6.45, 7) is 4.08. The van der Waals surface area contributed by atoms with Crippen LogP contribution in [0.5, 0.6) is 0 Å². The maximum Gasteiger partial charge on any atom is 0.114 e. The lowest BCUT2D eigenvalue weighted by Crippen LogP contribution is -2.00. The topological polar surface area (TPSA) is 20.2 Å². The second kappa shape index (κ2) is 5.73. The Kier molecular flexibility index (Phi) is 4.10. The van der Waals surface area contributed by atoms with Gasteiger partial charge in [-0.3, -0.25) is 0 Å². The molecule has 108 valence electrons. The predicted octanol–water partition coefficient (Wildman–Crippen LogP) is 6.02. The zero-order valence-corrected chi connectivity index (χ0v) is 14.8. The molecule has 0 amide bonds. The van der Waals surface area contributed by atoms with Crippen molar-refractivity contribution in [3.8, 4) is 0 Å². The highest BCUT2D eigenvalue weighted by Crippen LogP contribution is 2.36. The molecule has 21 heavy (non-hydrogen) atoms. The van der Waals surface area contributed by atoms with Crippen LogP contribution in [0.2, 0.25) is 5.02 Å². The van der Waals surface area contributed by atoms with E-state index in [2.05, 4.69) is 28.9 Å². The SMILES string of the molecule is Cc1cc(C)c(C(O)c2cc3cc(Cl)ccc3s2)cc1Br. The van der Waals surface area contributed by atoms with Gasteiger partial charge in [-0.15, -0.1) is 11.3 Å². The molecule has 0 spiro atoms. The summed E-state index contributed by atoms with van der Waals surface area (Å²) in [7, 11) is 0. The van der Waals surface area contributed by atoms with E-state index in [9.17, 15) is 5.11 Å². The average Bonchev–Trinajstić information content (AvgIpc) is 2.85. The second-order valence-electron chi connectivity index (χ2n) is 5.19. The van der Waals surface area contributed by atoms with Crippen molar-refractivity contribution < 1.29 is 5.11 Å². The summed E-state index contributed by atoms with van der Waals surface area (Å²) >= 11 is 11.2. The molecule has 1 atom stereocenters. The molecule has 0 aliphatic carbocycles. The Balaban J connectivity index is 2.07. The number of halogens is 2. The van der Waals surface area contributed by atoms with E-state index in [4.69, 9.17) is 11.6 Å². The van der Waals surface area contributed by atoms with E-state index in [-0.39, 0.29) is 0 Å². The molecule has 0 fully saturated rings. The molecule has 0 saturated heterocycles. The zero-order chi connectivity index (χ0) is 15.1. The summed E-state index contributed by atoms with van der Waals surface area (Å²) in [6, 6.07) is 11.9. The van der Waals surface area contributed by atoms with Gasteiger partial charge in [0.1, 0.15) is 6.10 Å². The molecule has 0 radical (unpaired) electrons. The summed E-state index contributed by atoms with van der Waals surface area (Å²) in [5.41, 5.74) is 3.20. The molecule has 3 aromatic rings. The smallest absolute Gasteiger partial charge is 0.114 e. The van der Waals surface area contributed by atoms with Crippen LogP contribution in [0.4, 0.5) is 0 Å². The summed E-state index contributed by atoms with van der Waals surface area (Å²) in [6.07, 6.45) is -0.613. The zero-order valence-electron chi connectivity index (χ0n) is 11.7. The molecule has 1 aromatic heterocycles. The average molecular weight is 382 g/mol. The number of thiophene rings is 1. The fraction of sp³-hybridized carbons (Fsp3) is 0.176. The van der Waals surface area contributed by atoms with Gasteiger partial charge in [-0.2, -0.15) is 0 Å². The van der Waals surface area contributed by atoms with Crippen LogP contribution in [-0.4, -0.2) is 5.11 Å². The van der Waals surface area contributed by atoms with Gasteiger partial charge < -0.3 is 5.11 Å². The van der Waals surface area contributed by atoms with Crippen molar-refractivity contribution in [3.63, 3.8) is 0 Å². The van der Waals surface area contributed by atoms with Gasteiger partial charge in [-0.05, 0) is 66.3 Å². The number of hydrogen-bond donors (Lipinski definition) is 1. The van der Waals surface area contributed by atoms with Gasteiger partial charge in [0.2, 0.25) is 0 Å². The Morgan fingerprint density at radius 3 is 2.62 bits per heavy atom. The number of benzene rings is 2. The van der Waals surface area contributed by atoms with Crippen LogP contribution >= 0.6 is 38.9 Å². The van der Waals surface area contributed by atoms with Crippen molar-refractivity contribution in [2.75, 3.05) is 0 Å². The molecule has 4 heteroatoms. The Morgan fingerprint density at radius 2 is 1.86 bits per heavy atom. The summed E-state index contributed by atoms with van der Waals surface area (Å²) in [5, 5.41) is 12.5. The number of aliphatic hydroxyl groups is 1. The van der Waals surface area contributed by atoms with E-state index in [1.807, 2.05) is 37.3 Å². The van der Waals surface area contributed by atoms with Gasteiger partial charge in [0.05, 0.1) is 0 Å². The molecule has 0 aliphatic rings. The maximum absolute atomic E-state index is 10.7. The summed E-state index contributed by atoms with van der Waals surface area (Å²) in [4.78, 5) is 0.936. The molecule has 1 N–H and O–H groups in total. The van der Waals surface area contributed by atoms with Gasteiger partial charge in [-0.25, -0.2) is 0 Å². The quantitative estimate of drug-likeness (QED) is 0.576. The van der Waals surface area contributed by atoms with Crippen LogP contribution in [0.1, 0.15) is 27.7 Å². The molecule has 1 heterocycles. The van der Waals surface area contributed by atoms with Crippen molar-refractivity contribution >= 4 is 49.0 Å². The lowest BCUT2D eigenvalue weighted by atomic mass is 10.00. The Hall–Kier alpha value is -0.870. The minimum absolute atomic E-state index is 0.613. The molecular formula is C17H14BrClOS. The molecule has 1 unspecified atom stereocenters. The van der Waals surface area contributed by atoms with E-state index in [0.717, 1.165) is 35.6 Å². The number of fused-ring (bicyclic) bond motifs is 1. The summed E-state index contributed by atoms with van der Waals surface area (Å²) in [5.74, 6) is 0. The monoisotopic (exact) mass is 380 g/mol. The minimum Gasteiger partial charge on any atom is -0.383 e. The van der Waals surface area contributed by atoms with Crippen LogP contribution in [-0.2, 0) is 0 Å². The Labute approximate surface area is 141 Å². The van der Waals surface area contributed by atoms with Gasteiger partial charge in [-0.1, -0.05) is 33.6 Å². The van der Waals surface area contributed by atoms with Crippen molar-refractivity contribution in [1.29, 1.82) is 0 Å². The second-order valence-corrected chi connectivity index (χ2v) is 7.60. The third-order valence-electron chi connectivity index (χ3n) is 3.61. The van der Waals surface area contributed by atoms with Crippen LogP contribution < -0.4 is 0 Å². The standard InChI is InChI=1S/C17H14BrClOS/c1-9-5-10(2)14(18)8-13(9)17(20)16-7-11-6-12(19)3-4-15(11)21-16/h3-8,17,20H,1-2H3. The molecular weight excluding hydrogens is 368 g/mol. The van der Waals surface area contributed by atoms with Crippen LogP contribution in [0.25, 0.3) is 10.1 Å². The number of rotatable bonds is 2. The van der Waals surface area contributed by atoms with Gasteiger partial charge in [0.15, 0.2) is 0 Å². The Morgan fingerprint density at radius 1 is 1.10 bits per heavy atom. The summed E-state index contributed by atoms with van der Waals surface area (Å²) < 4.78 is 2.16. The largest absolute Gasteiger partial charge is 0.383 e. The van der Waals surface area contributed by atoms with Crippen molar-refractivity contribution in [1.82, 2.24) is 0 Å². The van der Waals surface area contributed by atoms with E-state index >= 15 is 0 Å². The van der Waals surface area contributed by atoms with Crippen molar-refractivity contribution in [2.45, 2.75) is 20.0 Å². The first-order valence-electron chi connectivity index (χ1n) is 6.59. The third-order valence-corrected chi connectivity index (χ3v) is 5.87. The predicted molar refractivity (Wildman–Crippen MR) is 94.5 cm³/mol. The number of hydrogen-bond acceptors (Lipinski definition) is 2. The normalized spacial score (nSPS) is 12.8. The molecule has 0 saturated carbocycles. The van der Waals surface area contributed by atoms with Crippen LogP contribution in [0, 0.1) is 13.8 Å². The minimum atomic E-state index is -0.613. The van der Waals surface area contributed by atoms with E-state index in [1.165, 1.54) is 5.56 Å². The highest BCUT2D eigenvalue weighted by atomic mass is 79.9. The fourth-order valence-corrected chi connectivity index (χ4v) is 4.05.